The van der Waals surface area contributed by atoms with E-state index in [1.165, 1.54) is 5.56 Å². The lowest BCUT2D eigenvalue weighted by Crippen LogP contribution is -2.14. The van der Waals surface area contributed by atoms with Crippen LogP contribution in [0.3, 0.4) is 0 Å². The van der Waals surface area contributed by atoms with Gasteiger partial charge in [-0.05, 0) is 42.3 Å². The van der Waals surface area contributed by atoms with E-state index < -0.39 is 0 Å². The van der Waals surface area contributed by atoms with Crippen molar-refractivity contribution in [2.75, 3.05) is 14.2 Å². The van der Waals surface area contributed by atoms with E-state index >= 15 is 0 Å². The molecule has 2 nitrogen and oxygen atoms in total. The normalized spacial score (nSPS) is 12.2. The minimum Gasteiger partial charge on any atom is -0.495 e. The smallest absolute Gasteiger partial charge is 0.137 e. The van der Waals surface area contributed by atoms with Crippen molar-refractivity contribution in [1.29, 1.82) is 0 Å². The molecule has 0 aliphatic heterocycles. The van der Waals surface area contributed by atoms with Crippen LogP contribution in [0.5, 0.6) is 5.75 Å². The molecule has 1 unspecified atom stereocenters. The molecular weight excluding hydrogens is 270 g/mol. The van der Waals surface area contributed by atoms with E-state index in [9.17, 15) is 0 Å². The molecule has 0 spiro atoms. The first-order chi connectivity index (χ1) is 9.69. The summed E-state index contributed by atoms with van der Waals surface area (Å²) in [7, 11) is 3.61. The van der Waals surface area contributed by atoms with Crippen molar-refractivity contribution in [3.05, 3.63) is 53.1 Å². The predicted octanol–water partition coefficient (Wildman–Crippen LogP) is 4.69. The molecule has 0 saturated heterocycles. The van der Waals surface area contributed by atoms with Gasteiger partial charge in [-0.25, -0.2) is 0 Å². The SMILES string of the molecule is CCC(NC)c1ccc(-c2ccc(OC)c(Cl)c2)cc1. The monoisotopic (exact) mass is 289 g/mol. The van der Waals surface area contributed by atoms with E-state index in [1.54, 1.807) is 7.11 Å². The summed E-state index contributed by atoms with van der Waals surface area (Å²) in [4.78, 5) is 0. The molecule has 20 heavy (non-hydrogen) atoms. The van der Waals surface area contributed by atoms with Crippen molar-refractivity contribution in [3.63, 3.8) is 0 Å². The number of benzene rings is 2. The molecule has 0 heterocycles. The molecule has 106 valence electrons. The molecule has 0 bridgehead atoms. The fourth-order valence-corrected chi connectivity index (χ4v) is 2.62. The predicted molar refractivity (Wildman–Crippen MR) is 85.5 cm³/mol. The number of methoxy groups -OCH3 is 1. The second kappa shape index (κ2) is 6.78. The molecule has 0 saturated carbocycles. The van der Waals surface area contributed by atoms with Crippen LogP contribution in [0.2, 0.25) is 5.02 Å². The lowest BCUT2D eigenvalue weighted by Gasteiger charge is -2.15. The van der Waals surface area contributed by atoms with Gasteiger partial charge >= 0.3 is 0 Å². The zero-order chi connectivity index (χ0) is 14.5. The molecule has 1 atom stereocenters. The van der Waals surface area contributed by atoms with Crippen LogP contribution in [0, 0.1) is 0 Å². The van der Waals surface area contributed by atoms with Gasteiger partial charge in [-0.1, -0.05) is 48.9 Å². The van der Waals surface area contributed by atoms with Crippen LogP contribution >= 0.6 is 11.6 Å². The van der Waals surface area contributed by atoms with Crippen LogP contribution in [-0.4, -0.2) is 14.2 Å². The Labute approximate surface area is 125 Å². The Balaban J connectivity index is 2.28. The van der Waals surface area contributed by atoms with Crippen LogP contribution in [0.25, 0.3) is 11.1 Å². The average Bonchev–Trinajstić information content (AvgIpc) is 2.49. The highest BCUT2D eigenvalue weighted by Gasteiger charge is 2.07. The van der Waals surface area contributed by atoms with Crippen molar-refractivity contribution < 1.29 is 4.74 Å². The minimum atomic E-state index is 0.406. The van der Waals surface area contributed by atoms with Gasteiger partial charge in [-0.3, -0.25) is 0 Å². The van der Waals surface area contributed by atoms with E-state index in [1.807, 2.05) is 25.2 Å². The number of rotatable bonds is 5. The minimum absolute atomic E-state index is 0.406. The lowest BCUT2D eigenvalue weighted by atomic mass is 9.99. The molecule has 0 radical (unpaired) electrons. The Hall–Kier alpha value is -1.51. The highest BCUT2D eigenvalue weighted by Crippen LogP contribution is 2.30. The number of ether oxygens (including phenoxy) is 1. The summed E-state index contributed by atoms with van der Waals surface area (Å²) >= 11 is 6.17. The van der Waals surface area contributed by atoms with Crippen LogP contribution in [-0.2, 0) is 0 Å². The van der Waals surface area contributed by atoms with E-state index in [4.69, 9.17) is 16.3 Å². The van der Waals surface area contributed by atoms with Gasteiger partial charge in [0.1, 0.15) is 5.75 Å². The largest absolute Gasteiger partial charge is 0.495 e. The van der Waals surface area contributed by atoms with Crippen molar-refractivity contribution in [1.82, 2.24) is 5.32 Å². The summed E-state index contributed by atoms with van der Waals surface area (Å²) in [6.07, 6.45) is 1.07. The third-order valence-electron chi connectivity index (χ3n) is 3.55. The quantitative estimate of drug-likeness (QED) is 0.862. The first kappa shape index (κ1) is 14.9. The maximum Gasteiger partial charge on any atom is 0.137 e. The second-order valence-corrected chi connectivity index (χ2v) is 5.13. The van der Waals surface area contributed by atoms with Gasteiger partial charge in [0.25, 0.3) is 0 Å². The third-order valence-corrected chi connectivity index (χ3v) is 3.85. The van der Waals surface area contributed by atoms with Gasteiger partial charge < -0.3 is 10.1 Å². The highest BCUT2D eigenvalue weighted by atomic mass is 35.5. The maximum absolute atomic E-state index is 6.17. The number of halogens is 1. The fourth-order valence-electron chi connectivity index (χ4n) is 2.36. The molecule has 0 aromatic heterocycles. The summed E-state index contributed by atoms with van der Waals surface area (Å²) in [6.45, 7) is 2.18. The molecule has 0 fully saturated rings. The second-order valence-electron chi connectivity index (χ2n) is 4.72. The van der Waals surface area contributed by atoms with Crippen LogP contribution in [0.15, 0.2) is 42.5 Å². The molecule has 3 heteroatoms. The Morgan fingerprint density at radius 2 is 1.75 bits per heavy atom. The van der Waals surface area contributed by atoms with Crippen LogP contribution in [0.1, 0.15) is 24.9 Å². The Morgan fingerprint density at radius 1 is 1.10 bits per heavy atom. The Bertz CT molecular complexity index is 562. The summed E-state index contributed by atoms with van der Waals surface area (Å²) < 4.78 is 5.18. The molecule has 2 rings (SSSR count). The molecule has 1 N–H and O–H groups in total. The average molecular weight is 290 g/mol. The first-order valence-corrected chi connectivity index (χ1v) is 7.18. The summed E-state index contributed by atoms with van der Waals surface area (Å²) in [5, 5.41) is 3.95. The van der Waals surface area contributed by atoms with Crippen LogP contribution < -0.4 is 10.1 Å². The van der Waals surface area contributed by atoms with E-state index in [0.29, 0.717) is 16.8 Å². The van der Waals surface area contributed by atoms with Gasteiger partial charge in [0.15, 0.2) is 0 Å². The molecule has 0 amide bonds. The fraction of sp³-hybridized carbons (Fsp3) is 0.294. The molecule has 0 aliphatic carbocycles. The molecule has 0 aliphatic rings. The van der Waals surface area contributed by atoms with Crippen molar-refractivity contribution in [2.24, 2.45) is 0 Å². The number of nitrogens with one attached hydrogen (secondary N) is 1. The van der Waals surface area contributed by atoms with E-state index in [0.717, 1.165) is 17.5 Å². The highest BCUT2D eigenvalue weighted by molar-refractivity contribution is 6.32. The van der Waals surface area contributed by atoms with Gasteiger partial charge in [-0.15, -0.1) is 0 Å². The number of hydrogen-bond donors (Lipinski definition) is 1. The summed E-state index contributed by atoms with van der Waals surface area (Å²) in [5.74, 6) is 0.702. The Kier molecular flexibility index (Phi) is 5.05. The maximum atomic E-state index is 6.17. The molecule has 2 aromatic rings. The summed E-state index contributed by atoms with van der Waals surface area (Å²) in [5.41, 5.74) is 3.56. The molecular formula is C17H20ClNO. The first-order valence-electron chi connectivity index (χ1n) is 6.80. The van der Waals surface area contributed by atoms with Crippen molar-refractivity contribution in [3.8, 4) is 16.9 Å². The van der Waals surface area contributed by atoms with E-state index in [2.05, 4.69) is 36.5 Å². The molecule has 2 aromatic carbocycles. The topological polar surface area (TPSA) is 21.3 Å². The van der Waals surface area contributed by atoms with Gasteiger partial charge in [0, 0.05) is 6.04 Å². The summed E-state index contributed by atoms with van der Waals surface area (Å²) in [6, 6.07) is 14.9. The zero-order valence-corrected chi connectivity index (χ0v) is 12.9. The van der Waals surface area contributed by atoms with E-state index in [-0.39, 0.29) is 0 Å². The third kappa shape index (κ3) is 3.14. The van der Waals surface area contributed by atoms with Crippen molar-refractivity contribution in [2.45, 2.75) is 19.4 Å². The zero-order valence-electron chi connectivity index (χ0n) is 12.1. The standard InChI is InChI=1S/C17H20ClNO/c1-4-16(19-2)13-7-5-12(6-8-13)14-9-10-17(20-3)15(18)11-14/h5-11,16,19H,4H2,1-3H3. The van der Waals surface area contributed by atoms with Crippen molar-refractivity contribution >= 4 is 11.6 Å². The van der Waals surface area contributed by atoms with Gasteiger partial charge in [0.05, 0.1) is 12.1 Å². The van der Waals surface area contributed by atoms with Gasteiger partial charge in [-0.2, -0.15) is 0 Å². The van der Waals surface area contributed by atoms with Gasteiger partial charge in [0.2, 0.25) is 0 Å². The van der Waals surface area contributed by atoms with Crippen LogP contribution in [0.4, 0.5) is 0 Å². The number of hydrogen-bond acceptors (Lipinski definition) is 2. The lowest BCUT2D eigenvalue weighted by molar-refractivity contribution is 0.415. The Morgan fingerprint density at radius 3 is 2.25 bits per heavy atom.